The second kappa shape index (κ2) is 5.68. The lowest BCUT2D eigenvalue weighted by Crippen LogP contribution is -2.39. The molecular formula is C14H20N2O5S. The van der Waals surface area contributed by atoms with Gasteiger partial charge < -0.3 is 9.15 Å². The van der Waals surface area contributed by atoms with Crippen LogP contribution in [0.3, 0.4) is 0 Å². The summed E-state index contributed by atoms with van der Waals surface area (Å²) in [6.45, 7) is 3.66. The Balaban J connectivity index is 1.70. The minimum atomic E-state index is -3.78. The van der Waals surface area contributed by atoms with E-state index in [2.05, 4.69) is 14.4 Å². The minimum absolute atomic E-state index is 0.123. The number of esters is 1. The van der Waals surface area contributed by atoms with Crippen LogP contribution in [-0.2, 0) is 14.8 Å². The maximum Gasteiger partial charge on any atom is 0.374 e. The van der Waals surface area contributed by atoms with Gasteiger partial charge in [0.2, 0.25) is 10.9 Å². The fraction of sp³-hybridized carbons (Fsp3) is 0.643. The lowest BCUT2D eigenvalue weighted by Gasteiger charge is -2.16. The van der Waals surface area contributed by atoms with Crippen molar-refractivity contribution in [3.8, 4) is 0 Å². The van der Waals surface area contributed by atoms with Crippen molar-refractivity contribution < 1.29 is 22.4 Å². The molecule has 1 N–H and O–H groups in total. The van der Waals surface area contributed by atoms with E-state index >= 15 is 0 Å². The normalized spacial score (nSPS) is 26.3. The molecule has 22 heavy (non-hydrogen) atoms. The molecular weight excluding hydrogens is 308 g/mol. The highest BCUT2D eigenvalue weighted by molar-refractivity contribution is 7.89. The molecule has 2 heterocycles. The topological polar surface area (TPSA) is 88.8 Å². The molecule has 1 aromatic heterocycles. The van der Waals surface area contributed by atoms with Crippen LogP contribution in [0.15, 0.2) is 21.6 Å². The molecule has 2 atom stereocenters. The maximum absolute atomic E-state index is 12.4. The molecule has 0 amide bonds. The molecule has 3 rings (SSSR count). The van der Waals surface area contributed by atoms with Crippen molar-refractivity contribution in [2.24, 2.45) is 5.92 Å². The van der Waals surface area contributed by atoms with Crippen LogP contribution in [0.5, 0.6) is 0 Å². The van der Waals surface area contributed by atoms with Crippen LogP contribution in [0, 0.1) is 5.92 Å². The summed E-state index contributed by atoms with van der Waals surface area (Å²) in [6.07, 6.45) is 2.40. The van der Waals surface area contributed by atoms with Crippen LogP contribution in [0.1, 0.15) is 30.3 Å². The summed E-state index contributed by atoms with van der Waals surface area (Å²) in [5, 5.41) is -0.259. The summed E-state index contributed by atoms with van der Waals surface area (Å²) >= 11 is 0. The Hall–Kier alpha value is -1.38. The third-order valence-electron chi connectivity index (χ3n) is 4.24. The summed E-state index contributed by atoms with van der Waals surface area (Å²) in [7, 11) is -2.57. The molecule has 8 heteroatoms. The Morgan fingerprint density at radius 2 is 2.09 bits per heavy atom. The highest BCUT2D eigenvalue weighted by Gasteiger charge is 2.40. The average molecular weight is 328 g/mol. The summed E-state index contributed by atoms with van der Waals surface area (Å²) in [5.41, 5.74) is 0. The van der Waals surface area contributed by atoms with Crippen molar-refractivity contribution in [3.63, 3.8) is 0 Å². The fourth-order valence-electron chi connectivity index (χ4n) is 2.83. The largest absolute Gasteiger partial charge is 0.463 e. The maximum atomic E-state index is 12.4. The number of hydrogen-bond donors (Lipinski definition) is 1. The minimum Gasteiger partial charge on any atom is -0.463 e. The van der Waals surface area contributed by atoms with Crippen LogP contribution >= 0.6 is 0 Å². The lowest BCUT2D eigenvalue weighted by molar-refractivity contribution is 0.0559. The second-order valence-corrected chi connectivity index (χ2v) is 7.65. The molecule has 1 aliphatic carbocycles. The van der Waals surface area contributed by atoms with Crippen LogP contribution in [-0.4, -0.2) is 51.6 Å². The predicted molar refractivity (Wildman–Crippen MR) is 77.9 cm³/mol. The van der Waals surface area contributed by atoms with E-state index in [1.54, 1.807) is 0 Å². The molecule has 0 radical (unpaired) electrons. The van der Waals surface area contributed by atoms with Crippen LogP contribution in [0.2, 0.25) is 0 Å². The summed E-state index contributed by atoms with van der Waals surface area (Å²) in [5.74, 6) is -0.581. The number of hydrogen-bond acceptors (Lipinski definition) is 6. The van der Waals surface area contributed by atoms with Crippen molar-refractivity contribution in [3.05, 3.63) is 17.9 Å². The monoisotopic (exact) mass is 328 g/mol. The van der Waals surface area contributed by atoms with E-state index in [0.717, 1.165) is 13.1 Å². The van der Waals surface area contributed by atoms with Crippen molar-refractivity contribution in [1.82, 2.24) is 9.62 Å². The van der Waals surface area contributed by atoms with Crippen molar-refractivity contribution in [2.75, 3.05) is 20.2 Å². The summed E-state index contributed by atoms with van der Waals surface area (Å²) < 4.78 is 37.0. The number of furan rings is 1. The number of likely N-dealkylation sites (tertiary alicyclic amines) is 1. The van der Waals surface area contributed by atoms with Crippen molar-refractivity contribution in [2.45, 2.75) is 36.9 Å². The zero-order valence-electron chi connectivity index (χ0n) is 12.6. The molecule has 0 aromatic carbocycles. The third-order valence-corrected chi connectivity index (χ3v) is 5.61. The number of carbonyl (C=O) groups is 1. The SMILES string of the molecule is COC(=O)c1ccc(S(=O)(=O)N[C@@H]2CN(C3CC3)C[C@H]2C)o1. The van der Waals surface area contributed by atoms with Gasteiger partial charge in [-0.05, 0) is 30.9 Å². The zero-order valence-corrected chi connectivity index (χ0v) is 13.4. The van der Waals surface area contributed by atoms with E-state index in [0.29, 0.717) is 6.04 Å². The number of rotatable bonds is 5. The first-order valence-electron chi connectivity index (χ1n) is 7.35. The van der Waals surface area contributed by atoms with E-state index in [1.165, 1.54) is 32.1 Å². The molecule has 1 saturated carbocycles. The molecule has 1 aromatic rings. The first-order chi connectivity index (χ1) is 10.4. The molecule has 0 bridgehead atoms. The molecule has 1 aliphatic heterocycles. The van der Waals surface area contributed by atoms with Gasteiger partial charge in [-0.25, -0.2) is 17.9 Å². The molecule has 0 unspecified atom stereocenters. The van der Waals surface area contributed by atoms with Crippen LogP contribution in [0.4, 0.5) is 0 Å². The van der Waals surface area contributed by atoms with E-state index < -0.39 is 16.0 Å². The van der Waals surface area contributed by atoms with Crippen LogP contribution in [0.25, 0.3) is 0 Å². The Morgan fingerprint density at radius 1 is 1.36 bits per heavy atom. The third kappa shape index (κ3) is 3.04. The Labute approximate surface area is 129 Å². The zero-order chi connectivity index (χ0) is 15.9. The predicted octanol–water partition coefficient (Wildman–Crippen LogP) is 0.827. The first kappa shape index (κ1) is 15.5. The van der Waals surface area contributed by atoms with Gasteiger partial charge in [-0.3, -0.25) is 4.90 Å². The van der Waals surface area contributed by atoms with Crippen LogP contribution < -0.4 is 4.72 Å². The second-order valence-electron chi connectivity index (χ2n) is 6.00. The number of methoxy groups -OCH3 is 1. The van der Waals surface area contributed by atoms with Gasteiger partial charge in [-0.2, -0.15) is 0 Å². The van der Waals surface area contributed by atoms with Gasteiger partial charge in [0.25, 0.3) is 10.0 Å². The van der Waals surface area contributed by atoms with E-state index in [1.807, 2.05) is 6.92 Å². The highest BCUT2D eigenvalue weighted by Crippen LogP contribution is 2.32. The molecule has 122 valence electrons. The number of nitrogens with zero attached hydrogens (tertiary/aromatic N) is 1. The Morgan fingerprint density at radius 3 is 2.73 bits per heavy atom. The molecule has 1 saturated heterocycles. The van der Waals surface area contributed by atoms with Crippen molar-refractivity contribution >= 4 is 16.0 Å². The van der Waals surface area contributed by atoms with Gasteiger partial charge in [-0.1, -0.05) is 6.92 Å². The lowest BCUT2D eigenvalue weighted by atomic mass is 10.1. The molecule has 7 nitrogen and oxygen atoms in total. The Bertz CT molecular complexity index is 665. The van der Waals surface area contributed by atoms with Gasteiger partial charge >= 0.3 is 5.97 Å². The quantitative estimate of drug-likeness (QED) is 0.805. The van der Waals surface area contributed by atoms with Gasteiger partial charge in [0.05, 0.1) is 7.11 Å². The van der Waals surface area contributed by atoms with Gasteiger partial charge in [0.1, 0.15) is 0 Å². The van der Waals surface area contributed by atoms with E-state index in [4.69, 9.17) is 4.42 Å². The number of nitrogens with one attached hydrogen (secondary N) is 1. The standard InChI is InChI=1S/C14H20N2O5S/c1-9-7-16(10-3-4-10)8-11(9)15-22(18,19)13-6-5-12(21-13)14(17)20-2/h5-6,9-11,15H,3-4,7-8H2,1-2H3/t9-,11-/m1/s1. The summed E-state index contributed by atoms with van der Waals surface area (Å²) in [4.78, 5) is 13.7. The fourth-order valence-corrected chi connectivity index (χ4v) is 4.10. The smallest absolute Gasteiger partial charge is 0.374 e. The molecule has 0 spiro atoms. The van der Waals surface area contributed by atoms with Gasteiger partial charge in [-0.15, -0.1) is 0 Å². The number of ether oxygens (including phenoxy) is 1. The molecule has 2 aliphatic rings. The van der Waals surface area contributed by atoms with Crippen molar-refractivity contribution in [1.29, 1.82) is 0 Å². The number of carbonyl (C=O) groups excluding carboxylic acids is 1. The first-order valence-corrected chi connectivity index (χ1v) is 8.83. The van der Waals surface area contributed by atoms with E-state index in [9.17, 15) is 13.2 Å². The van der Waals surface area contributed by atoms with E-state index in [-0.39, 0.29) is 22.8 Å². The van der Waals surface area contributed by atoms with Gasteiger partial charge in [0, 0.05) is 25.2 Å². The molecule has 2 fully saturated rings. The highest BCUT2D eigenvalue weighted by atomic mass is 32.2. The summed E-state index contributed by atoms with van der Waals surface area (Å²) in [6, 6.07) is 3.05. The Kier molecular flexibility index (Phi) is 4.00. The average Bonchev–Trinajstić information content (AvgIpc) is 3.08. The number of sulfonamides is 1. The van der Waals surface area contributed by atoms with Gasteiger partial charge in [0.15, 0.2) is 0 Å².